The highest BCUT2D eigenvalue weighted by atomic mass is 16.7. The standard InChI is InChI=1S/C15H20O2/c1-12-7-8-14(13-5-3-2-4-6-13)11-15(12)16-9-10-17-15/h2-6,12,14H,7-11H2,1H3/t12-,14+/m1/s1. The normalized spacial score (nSPS) is 31.8. The molecule has 0 amide bonds. The molecule has 1 aliphatic carbocycles. The molecule has 0 N–H and O–H groups in total. The van der Waals surface area contributed by atoms with Gasteiger partial charge in [-0.3, -0.25) is 0 Å². The first-order valence-corrected chi connectivity index (χ1v) is 6.63. The van der Waals surface area contributed by atoms with Crippen molar-refractivity contribution in [3.05, 3.63) is 35.9 Å². The highest BCUT2D eigenvalue weighted by molar-refractivity contribution is 5.21. The second-order valence-corrected chi connectivity index (χ2v) is 5.30. The molecule has 0 aromatic heterocycles. The topological polar surface area (TPSA) is 18.5 Å². The molecule has 1 aromatic rings. The number of hydrogen-bond acceptors (Lipinski definition) is 2. The molecule has 0 unspecified atom stereocenters. The average Bonchev–Trinajstić information content (AvgIpc) is 2.84. The van der Waals surface area contributed by atoms with Gasteiger partial charge in [0, 0.05) is 12.3 Å². The van der Waals surface area contributed by atoms with E-state index in [-0.39, 0.29) is 5.79 Å². The number of hydrogen-bond donors (Lipinski definition) is 0. The highest BCUT2D eigenvalue weighted by Crippen LogP contribution is 2.46. The lowest BCUT2D eigenvalue weighted by Gasteiger charge is -2.41. The van der Waals surface area contributed by atoms with Crippen LogP contribution in [0.25, 0.3) is 0 Å². The van der Waals surface area contributed by atoms with Crippen molar-refractivity contribution in [1.29, 1.82) is 0 Å². The maximum atomic E-state index is 5.92. The van der Waals surface area contributed by atoms with E-state index in [0.29, 0.717) is 11.8 Å². The molecule has 1 heterocycles. The maximum absolute atomic E-state index is 5.92. The molecule has 0 radical (unpaired) electrons. The smallest absolute Gasteiger partial charge is 0.171 e. The van der Waals surface area contributed by atoms with Gasteiger partial charge in [0.2, 0.25) is 0 Å². The van der Waals surface area contributed by atoms with Crippen molar-refractivity contribution in [1.82, 2.24) is 0 Å². The minimum absolute atomic E-state index is 0.293. The van der Waals surface area contributed by atoms with E-state index in [9.17, 15) is 0 Å². The lowest BCUT2D eigenvalue weighted by atomic mass is 9.75. The van der Waals surface area contributed by atoms with Crippen LogP contribution in [0.5, 0.6) is 0 Å². The van der Waals surface area contributed by atoms with Crippen LogP contribution in [0.15, 0.2) is 30.3 Å². The third-order valence-corrected chi connectivity index (χ3v) is 4.28. The van der Waals surface area contributed by atoms with Gasteiger partial charge in [0.05, 0.1) is 13.2 Å². The first kappa shape index (κ1) is 11.2. The first-order chi connectivity index (χ1) is 8.30. The Bertz CT molecular complexity index is 368. The molecule has 17 heavy (non-hydrogen) atoms. The molecule has 92 valence electrons. The summed E-state index contributed by atoms with van der Waals surface area (Å²) >= 11 is 0. The molecular formula is C15H20O2. The van der Waals surface area contributed by atoms with Crippen molar-refractivity contribution in [3.63, 3.8) is 0 Å². The van der Waals surface area contributed by atoms with Crippen molar-refractivity contribution in [3.8, 4) is 0 Å². The SMILES string of the molecule is C[C@@H]1CC[C@H](c2ccccc2)CC12OCCO2. The molecule has 0 bridgehead atoms. The maximum Gasteiger partial charge on any atom is 0.171 e. The van der Waals surface area contributed by atoms with Crippen molar-refractivity contribution in [2.45, 2.75) is 37.9 Å². The van der Waals surface area contributed by atoms with E-state index in [2.05, 4.69) is 37.3 Å². The fraction of sp³-hybridized carbons (Fsp3) is 0.600. The van der Waals surface area contributed by atoms with Crippen molar-refractivity contribution in [2.24, 2.45) is 5.92 Å². The average molecular weight is 232 g/mol. The van der Waals surface area contributed by atoms with E-state index in [4.69, 9.17) is 9.47 Å². The van der Waals surface area contributed by atoms with Crippen molar-refractivity contribution >= 4 is 0 Å². The summed E-state index contributed by atoms with van der Waals surface area (Å²) in [6, 6.07) is 10.8. The Morgan fingerprint density at radius 1 is 1.06 bits per heavy atom. The zero-order valence-corrected chi connectivity index (χ0v) is 10.4. The lowest BCUT2D eigenvalue weighted by Crippen LogP contribution is -2.42. The predicted molar refractivity (Wildman–Crippen MR) is 66.8 cm³/mol. The molecule has 2 fully saturated rings. The lowest BCUT2D eigenvalue weighted by molar-refractivity contribution is -0.211. The highest BCUT2D eigenvalue weighted by Gasteiger charge is 2.46. The van der Waals surface area contributed by atoms with Crippen LogP contribution in [-0.2, 0) is 9.47 Å². The minimum Gasteiger partial charge on any atom is -0.347 e. The largest absolute Gasteiger partial charge is 0.347 e. The summed E-state index contributed by atoms with van der Waals surface area (Å²) in [5, 5.41) is 0. The van der Waals surface area contributed by atoms with Gasteiger partial charge in [-0.25, -0.2) is 0 Å². The van der Waals surface area contributed by atoms with E-state index in [1.54, 1.807) is 0 Å². The van der Waals surface area contributed by atoms with E-state index in [1.165, 1.54) is 18.4 Å². The summed E-state index contributed by atoms with van der Waals surface area (Å²) in [4.78, 5) is 0. The monoisotopic (exact) mass is 232 g/mol. The van der Waals surface area contributed by atoms with E-state index >= 15 is 0 Å². The quantitative estimate of drug-likeness (QED) is 0.739. The second-order valence-electron chi connectivity index (χ2n) is 5.30. The molecule has 2 heteroatoms. The van der Waals surface area contributed by atoms with Gasteiger partial charge in [0.15, 0.2) is 5.79 Å². The van der Waals surface area contributed by atoms with Gasteiger partial charge in [-0.2, -0.15) is 0 Å². The second kappa shape index (κ2) is 4.43. The van der Waals surface area contributed by atoms with Gasteiger partial charge in [-0.05, 0) is 24.3 Å². The number of benzene rings is 1. The minimum atomic E-state index is -0.293. The molecule has 2 nitrogen and oxygen atoms in total. The van der Waals surface area contributed by atoms with Crippen LogP contribution in [0, 0.1) is 5.92 Å². The van der Waals surface area contributed by atoms with Crippen LogP contribution >= 0.6 is 0 Å². The van der Waals surface area contributed by atoms with Gasteiger partial charge in [-0.1, -0.05) is 37.3 Å². The van der Waals surface area contributed by atoms with Crippen molar-refractivity contribution < 1.29 is 9.47 Å². The first-order valence-electron chi connectivity index (χ1n) is 6.63. The zero-order valence-electron chi connectivity index (χ0n) is 10.4. The van der Waals surface area contributed by atoms with Crippen LogP contribution in [0.3, 0.4) is 0 Å². The van der Waals surface area contributed by atoms with Gasteiger partial charge >= 0.3 is 0 Å². The van der Waals surface area contributed by atoms with Crippen molar-refractivity contribution in [2.75, 3.05) is 13.2 Å². The summed E-state index contributed by atoms with van der Waals surface area (Å²) in [7, 11) is 0. The Hall–Kier alpha value is -0.860. The Kier molecular flexibility index (Phi) is 2.93. The van der Waals surface area contributed by atoms with Crippen LogP contribution in [0.2, 0.25) is 0 Å². The van der Waals surface area contributed by atoms with Gasteiger partial charge < -0.3 is 9.47 Å². The molecular weight excluding hydrogens is 212 g/mol. The molecule has 1 saturated heterocycles. The van der Waals surface area contributed by atoms with E-state index in [0.717, 1.165) is 19.6 Å². The van der Waals surface area contributed by atoms with Crippen LogP contribution in [0.1, 0.15) is 37.7 Å². The Morgan fingerprint density at radius 3 is 2.47 bits per heavy atom. The molecule has 1 spiro atoms. The van der Waals surface area contributed by atoms with Gasteiger partial charge in [-0.15, -0.1) is 0 Å². The summed E-state index contributed by atoms with van der Waals surface area (Å²) in [5.74, 6) is 0.814. The Labute approximate surface area is 103 Å². The van der Waals surface area contributed by atoms with Gasteiger partial charge in [0.25, 0.3) is 0 Å². The summed E-state index contributed by atoms with van der Waals surface area (Å²) in [6.07, 6.45) is 3.46. The summed E-state index contributed by atoms with van der Waals surface area (Å²) in [6.45, 7) is 3.77. The predicted octanol–water partition coefficient (Wildman–Crippen LogP) is 3.33. The molecule has 2 atom stereocenters. The Balaban J connectivity index is 1.81. The summed E-state index contributed by atoms with van der Waals surface area (Å²) < 4.78 is 11.8. The third kappa shape index (κ3) is 2.00. The summed E-state index contributed by atoms with van der Waals surface area (Å²) in [5.41, 5.74) is 1.43. The fourth-order valence-corrected chi connectivity index (χ4v) is 3.20. The fourth-order valence-electron chi connectivity index (χ4n) is 3.20. The van der Waals surface area contributed by atoms with Crippen LogP contribution in [0.4, 0.5) is 0 Å². The Morgan fingerprint density at radius 2 is 1.76 bits per heavy atom. The number of rotatable bonds is 1. The van der Waals surface area contributed by atoms with Crippen LogP contribution < -0.4 is 0 Å². The molecule has 1 aromatic carbocycles. The zero-order chi connectivity index (χ0) is 11.7. The van der Waals surface area contributed by atoms with Gasteiger partial charge in [0.1, 0.15) is 0 Å². The van der Waals surface area contributed by atoms with Crippen LogP contribution in [-0.4, -0.2) is 19.0 Å². The molecule has 1 aliphatic heterocycles. The van der Waals surface area contributed by atoms with E-state index in [1.807, 2.05) is 0 Å². The third-order valence-electron chi connectivity index (χ3n) is 4.28. The molecule has 1 saturated carbocycles. The number of ether oxygens (including phenoxy) is 2. The molecule has 3 rings (SSSR count). The van der Waals surface area contributed by atoms with E-state index < -0.39 is 0 Å². The molecule has 2 aliphatic rings.